The first-order valence-corrected chi connectivity index (χ1v) is 8.57. The number of hydrogen-bond acceptors (Lipinski definition) is 5. The van der Waals surface area contributed by atoms with Gasteiger partial charge in [0, 0.05) is 42.3 Å². The van der Waals surface area contributed by atoms with E-state index in [1.54, 1.807) is 6.07 Å². The van der Waals surface area contributed by atoms with Crippen molar-refractivity contribution >= 4 is 27.7 Å². The molecule has 1 saturated heterocycles. The van der Waals surface area contributed by atoms with E-state index in [9.17, 15) is 14.9 Å². The molecule has 1 aliphatic rings. The molecule has 1 atom stereocenters. The van der Waals surface area contributed by atoms with Crippen molar-refractivity contribution in [1.29, 1.82) is 0 Å². The number of likely N-dealkylation sites (tertiary alicyclic amines) is 1. The third-order valence-electron chi connectivity index (χ3n) is 3.55. The van der Waals surface area contributed by atoms with E-state index in [0.29, 0.717) is 17.6 Å². The number of benzene rings is 1. The van der Waals surface area contributed by atoms with Crippen LogP contribution in [0, 0.1) is 10.1 Å². The Hall–Kier alpha value is -1.67. The highest BCUT2D eigenvalue weighted by Crippen LogP contribution is 2.23. The average molecular weight is 400 g/mol. The predicted molar refractivity (Wildman–Crippen MR) is 93.8 cm³/mol. The zero-order valence-electron chi connectivity index (χ0n) is 14.0. The number of carbonyl (C=O) groups excluding carboxylic acids is 1. The van der Waals surface area contributed by atoms with Gasteiger partial charge < -0.3 is 10.1 Å². The standard InChI is InChI=1S/C16H22BrN3O4/c1-16(2,3)24-15(21)18-13-4-5-19(10-13)9-11-6-12(17)8-14(7-11)20(22)23/h6-8,13H,4-5,9-10H2,1-3H3,(H,18,21)/t13-/m0/s1. The van der Waals surface area contributed by atoms with Crippen molar-refractivity contribution in [3.63, 3.8) is 0 Å². The summed E-state index contributed by atoms with van der Waals surface area (Å²) < 4.78 is 5.95. The highest BCUT2D eigenvalue weighted by atomic mass is 79.9. The number of rotatable bonds is 4. The Morgan fingerprint density at radius 2 is 2.17 bits per heavy atom. The number of hydrogen-bond donors (Lipinski definition) is 1. The summed E-state index contributed by atoms with van der Waals surface area (Å²) in [5, 5.41) is 13.8. The maximum absolute atomic E-state index is 11.8. The molecule has 1 heterocycles. The van der Waals surface area contributed by atoms with Crippen molar-refractivity contribution < 1.29 is 14.5 Å². The number of nitro benzene ring substituents is 1. The monoisotopic (exact) mass is 399 g/mol. The van der Waals surface area contributed by atoms with E-state index in [1.807, 2.05) is 26.8 Å². The molecule has 0 saturated carbocycles. The summed E-state index contributed by atoms with van der Waals surface area (Å²) in [7, 11) is 0. The number of nitrogens with zero attached hydrogens (tertiary/aromatic N) is 2. The molecule has 132 valence electrons. The van der Waals surface area contributed by atoms with Gasteiger partial charge in [0.1, 0.15) is 5.60 Å². The molecule has 2 rings (SSSR count). The zero-order chi connectivity index (χ0) is 17.9. The van der Waals surface area contributed by atoms with Crippen molar-refractivity contribution in [3.8, 4) is 0 Å². The van der Waals surface area contributed by atoms with Gasteiger partial charge in [0.25, 0.3) is 5.69 Å². The van der Waals surface area contributed by atoms with Crippen LogP contribution in [0.1, 0.15) is 32.8 Å². The largest absolute Gasteiger partial charge is 0.444 e. The molecular weight excluding hydrogens is 378 g/mol. The van der Waals surface area contributed by atoms with Gasteiger partial charge in [-0.05, 0) is 38.8 Å². The number of carbonyl (C=O) groups is 1. The van der Waals surface area contributed by atoms with Gasteiger partial charge in [0.15, 0.2) is 0 Å². The second-order valence-corrected chi connectivity index (χ2v) is 7.86. The molecule has 0 spiro atoms. The molecule has 0 aromatic heterocycles. The van der Waals surface area contributed by atoms with Gasteiger partial charge in [-0.25, -0.2) is 4.79 Å². The Morgan fingerprint density at radius 3 is 2.79 bits per heavy atom. The van der Waals surface area contributed by atoms with E-state index < -0.39 is 16.6 Å². The van der Waals surface area contributed by atoms with Crippen LogP contribution in [0.2, 0.25) is 0 Å². The molecule has 1 N–H and O–H groups in total. The minimum Gasteiger partial charge on any atom is -0.444 e. The molecule has 0 aliphatic carbocycles. The number of non-ortho nitro benzene ring substituents is 1. The molecule has 7 nitrogen and oxygen atoms in total. The molecule has 1 aliphatic heterocycles. The predicted octanol–water partition coefficient (Wildman–Crippen LogP) is 3.46. The number of amides is 1. The van der Waals surface area contributed by atoms with E-state index in [-0.39, 0.29) is 11.7 Å². The van der Waals surface area contributed by atoms with Gasteiger partial charge in [-0.3, -0.25) is 15.0 Å². The van der Waals surface area contributed by atoms with E-state index >= 15 is 0 Å². The smallest absolute Gasteiger partial charge is 0.407 e. The average Bonchev–Trinajstić information content (AvgIpc) is 2.82. The Kier molecular flexibility index (Phi) is 5.82. The van der Waals surface area contributed by atoms with Crippen LogP contribution in [-0.2, 0) is 11.3 Å². The van der Waals surface area contributed by atoms with Crippen LogP contribution in [-0.4, -0.2) is 40.6 Å². The first-order valence-electron chi connectivity index (χ1n) is 7.78. The van der Waals surface area contributed by atoms with Crippen LogP contribution in [0.3, 0.4) is 0 Å². The lowest BCUT2D eigenvalue weighted by Gasteiger charge is -2.22. The van der Waals surface area contributed by atoms with Gasteiger partial charge in [0.2, 0.25) is 0 Å². The summed E-state index contributed by atoms with van der Waals surface area (Å²) >= 11 is 3.31. The highest BCUT2D eigenvalue weighted by molar-refractivity contribution is 9.10. The normalized spacial score (nSPS) is 18.4. The minimum absolute atomic E-state index is 0.0296. The molecule has 8 heteroatoms. The van der Waals surface area contributed by atoms with E-state index in [2.05, 4.69) is 26.1 Å². The van der Waals surface area contributed by atoms with Gasteiger partial charge >= 0.3 is 6.09 Å². The van der Waals surface area contributed by atoms with Crippen molar-refractivity contribution in [2.45, 2.75) is 45.4 Å². The molecule has 1 aromatic carbocycles. The van der Waals surface area contributed by atoms with Crippen LogP contribution < -0.4 is 5.32 Å². The van der Waals surface area contributed by atoms with Crippen molar-refractivity contribution in [2.75, 3.05) is 13.1 Å². The number of ether oxygens (including phenoxy) is 1. The summed E-state index contributed by atoms with van der Waals surface area (Å²) in [5.41, 5.74) is 0.424. The second kappa shape index (κ2) is 7.48. The Bertz CT molecular complexity index is 630. The molecule has 0 radical (unpaired) electrons. The molecule has 0 unspecified atom stereocenters. The number of nitrogens with one attached hydrogen (secondary N) is 1. The van der Waals surface area contributed by atoms with Crippen LogP contribution in [0.4, 0.5) is 10.5 Å². The van der Waals surface area contributed by atoms with Crippen LogP contribution >= 0.6 is 15.9 Å². The van der Waals surface area contributed by atoms with Crippen molar-refractivity contribution in [1.82, 2.24) is 10.2 Å². The van der Waals surface area contributed by atoms with Crippen molar-refractivity contribution in [3.05, 3.63) is 38.3 Å². The van der Waals surface area contributed by atoms with Gasteiger partial charge in [0.05, 0.1) is 4.92 Å². The van der Waals surface area contributed by atoms with Gasteiger partial charge in [-0.1, -0.05) is 15.9 Å². The van der Waals surface area contributed by atoms with Crippen LogP contribution in [0.15, 0.2) is 22.7 Å². The summed E-state index contributed by atoms with van der Waals surface area (Å²) in [6, 6.07) is 4.98. The minimum atomic E-state index is -0.516. The number of alkyl carbamates (subject to hydrolysis) is 1. The summed E-state index contributed by atoms with van der Waals surface area (Å²) in [4.78, 5) is 24.5. The van der Waals surface area contributed by atoms with E-state index in [1.165, 1.54) is 6.07 Å². The highest BCUT2D eigenvalue weighted by Gasteiger charge is 2.26. The summed E-state index contributed by atoms with van der Waals surface area (Å²) in [5.74, 6) is 0. The lowest BCUT2D eigenvalue weighted by atomic mass is 10.2. The summed E-state index contributed by atoms with van der Waals surface area (Å²) in [6.07, 6.45) is 0.419. The third kappa shape index (κ3) is 5.76. The molecule has 1 fully saturated rings. The molecule has 0 bridgehead atoms. The van der Waals surface area contributed by atoms with Gasteiger partial charge in [-0.15, -0.1) is 0 Å². The van der Waals surface area contributed by atoms with Crippen LogP contribution in [0.5, 0.6) is 0 Å². The number of halogens is 1. The quantitative estimate of drug-likeness (QED) is 0.618. The van der Waals surface area contributed by atoms with Gasteiger partial charge in [-0.2, -0.15) is 0 Å². The van der Waals surface area contributed by atoms with E-state index in [0.717, 1.165) is 18.5 Å². The summed E-state index contributed by atoms with van der Waals surface area (Å²) in [6.45, 7) is 7.60. The molecule has 24 heavy (non-hydrogen) atoms. The lowest BCUT2D eigenvalue weighted by Crippen LogP contribution is -2.40. The molecule has 1 amide bonds. The van der Waals surface area contributed by atoms with E-state index in [4.69, 9.17) is 4.74 Å². The van der Waals surface area contributed by atoms with Crippen LogP contribution in [0.25, 0.3) is 0 Å². The SMILES string of the molecule is CC(C)(C)OC(=O)N[C@H]1CCN(Cc2cc(Br)cc([N+](=O)[O-])c2)C1. The first-order chi connectivity index (χ1) is 11.1. The zero-order valence-corrected chi connectivity index (χ0v) is 15.6. The fraction of sp³-hybridized carbons (Fsp3) is 0.562. The topological polar surface area (TPSA) is 84.7 Å². The Balaban J connectivity index is 1.90. The first kappa shape index (κ1) is 18.7. The molecular formula is C16H22BrN3O4. The Morgan fingerprint density at radius 1 is 1.46 bits per heavy atom. The molecule has 1 aromatic rings. The fourth-order valence-corrected chi connectivity index (χ4v) is 3.19. The maximum atomic E-state index is 11.8. The third-order valence-corrected chi connectivity index (χ3v) is 4.01. The lowest BCUT2D eigenvalue weighted by molar-refractivity contribution is -0.385. The maximum Gasteiger partial charge on any atom is 0.407 e. The van der Waals surface area contributed by atoms with Crippen molar-refractivity contribution in [2.24, 2.45) is 0 Å². The second-order valence-electron chi connectivity index (χ2n) is 6.94. The Labute approximate surface area is 149 Å². The fourth-order valence-electron chi connectivity index (χ4n) is 2.66. The number of nitro groups is 1.